The van der Waals surface area contributed by atoms with E-state index in [9.17, 15) is 10.1 Å². The van der Waals surface area contributed by atoms with Crippen LogP contribution in [-0.4, -0.2) is 48.7 Å². The fourth-order valence-corrected chi connectivity index (χ4v) is 5.65. The number of nitriles is 1. The Morgan fingerprint density at radius 1 is 0.930 bits per heavy atom. The van der Waals surface area contributed by atoms with Gasteiger partial charge in [0.25, 0.3) is 0 Å². The van der Waals surface area contributed by atoms with Crippen molar-refractivity contribution in [1.29, 1.82) is 5.26 Å². The minimum atomic E-state index is -1.08. The smallest absolute Gasteiger partial charge is 0.243 e. The van der Waals surface area contributed by atoms with Crippen LogP contribution in [0.1, 0.15) is 49.4 Å². The molecule has 0 unspecified atom stereocenters. The summed E-state index contributed by atoms with van der Waals surface area (Å²) in [5.41, 5.74) is 4.20. The number of carbonyl (C=O) groups excluding carboxylic acids is 1. The van der Waals surface area contributed by atoms with Gasteiger partial charge in [-0.3, -0.25) is 4.79 Å². The molecule has 8 nitrogen and oxygen atoms in total. The largest absolute Gasteiger partial charge is 0.490 e. The molecule has 222 valence electrons. The first-order valence-corrected chi connectivity index (χ1v) is 15.2. The zero-order valence-corrected chi connectivity index (χ0v) is 25.0. The summed E-state index contributed by atoms with van der Waals surface area (Å²) < 4.78 is 11.4. The third-order valence-electron chi connectivity index (χ3n) is 7.84. The SMILES string of the molecule is CCOc1ccc(CCNC(=O)[C@H](C#N)c2nc3ccccc3nc2N2CCC(Cc3ccccc3)CC2)cc1OCC. The minimum Gasteiger partial charge on any atom is -0.490 e. The standard InChI is InChI=1S/C35H39N5O3/c1-3-42-31-15-14-26(23-32(31)43-4-2)16-19-37-35(41)28(24-36)33-34(39-30-13-9-8-12-29(30)38-33)40-20-17-27(18-21-40)22-25-10-6-5-7-11-25/h5-15,23,27-28H,3-4,16-22H2,1-2H3,(H,37,41)/t28-/m1/s1. The highest BCUT2D eigenvalue weighted by atomic mass is 16.5. The average molecular weight is 578 g/mol. The Kier molecular flexibility index (Phi) is 10.1. The lowest BCUT2D eigenvalue weighted by Crippen LogP contribution is -2.37. The van der Waals surface area contributed by atoms with Gasteiger partial charge in [-0.25, -0.2) is 9.97 Å². The first-order valence-electron chi connectivity index (χ1n) is 15.2. The van der Waals surface area contributed by atoms with Crippen LogP contribution in [0.2, 0.25) is 0 Å². The van der Waals surface area contributed by atoms with E-state index in [-0.39, 0.29) is 5.91 Å². The lowest BCUT2D eigenvalue weighted by Gasteiger charge is -2.34. The number of rotatable bonds is 12. The lowest BCUT2D eigenvalue weighted by molar-refractivity contribution is -0.121. The molecule has 1 aliphatic rings. The zero-order chi connectivity index (χ0) is 30.0. The number of nitrogens with one attached hydrogen (secondary N) is 1. The van der Waals surface area contributed by atoms with Crippen LogP contribution in [0, 0.1) is 17.2 Å². The van der Waals surface area contributed by atoms with Crippen molar-refractivity contribution in [3.8, 4) is 17.6 Å². The molecule has 0 bridgehead atoms. The first kappa shape index (κ1) is 29.8. The molecule has 0 radical (unpaired) electrons. The van der Waals surface area contributed by atoms with Gasteiger partial charge in [0.15, 0.2) is 23.2 Å². The van der Waals surface area contributed by atoms with Gasteiger partial charge < -0.3 is 19.7 Å². The normalized spacial score (nSPS) is 14.2. The van der Waals surface area contributed by atoms with Gasteiger partial charge in [-0.2, -0.15) is 5.26 Å². The summed E-state index contributed by atoms with van der Waals surface area (Å²) in [6.45, 7) is 6.93. The number of nitrogens with zero attached hydrogens (tertiary/aromatic N) is 4. The highest BCUT2D eigenvalue weighted by molar-refractivity contribution is 5.88. The monoisotopic (exact) mass is 577 g/mol. The van der Waals surface area contributed by atoms with Crippen molar-refractivity contribution in [3.63, 3.8) is 0 Å². The second-order valence-electron chi connectivity index (χ2n) is 10.8. The highest BCUT2D eigenvalue weighted by Crippen LogP contribution is 2.32. The van der Waals surface area contributed by atoms with Gasteiger partial charge >= 0.3 is 0 Å². The molecule has 1 atom stereocenters. The molecule has 1 saturated heterocycles. The zero-order valence-electron chi connectivity index (χ0n) is 25.0. The van der Waals surface area contributed by atoms with Crippen molar-refractivity contribution < 1.29 is 14.3 Å². The molecular weight excluding hydrogens is 538 g/mol. The predicted molar refractivity (Wildman–Crippen MR) is 168 cm³/mol. The molecule has 0 saturated carbocycles. The van der Waals surface area contributed by atoms with E-state index in [2.05, 4.69) is 40.6 Å². The van der Waals surface area contributed by atoms with Gasteiger partial charge in [0.05, 0.1) is 30.3 Å². The number of carbonyl (C=O) groups is 1. The first-order chi connectivity index (χ1) is 21.1. The molecule has 4 aromatic rings. The van der Waals surface area contributed by atoms with Gasteiger partial charge in [0.2, 0.25) is 5.91 Å². The molecule has 2 heterocycles. The molecule has 8 heteroatoms. The van der Waals surface area contributed by atoms with Crippen molar-refractivity contribution in [2.24, 2.45) is 5.92 Å². The van der Waals surface area contributed by atoms with Crippen molar-refractivity contribution in [2.75, 3.05) is 37.7 Å². The number of amides is 1. The highest BCUT2D eigenvalue weighted by Gasteiger charge is 2.30. The fourth-order valence-electron chi connectivity index (χ4n) is 5.65. The summed E-state index contributed by atoms with van der Waals surface area (Å²) in [6, 6.07) is 26.2. The summed E-state index contributed by atoms with van der Waals surface area (Å²) in [7, 11) is 0. The van der Waals surface area contributed by atoms with Gasteiger partial charge in [0.1, 0.15) is 5.69 Å². The Hall–Kier alpha value is -4.64. The third-order valence-corrected chi connectivity index (χ3v) is 7.84. The summed E-state index contributed by atoms with van der Waals surface area (Å²) in [5.74, 6) is 1.15. The van der Waals surface area contributed by atoms with E-state index < -0.39 is 5.92 Å². The Morgan fingerprint density at radius 2 is 1.60 bits per heavy atom. The van der Waals surface area contributed by atoms with Crippen LogP contribution in [0.25, 0.3) is 11.0 Å². The summed E-state index contributed by atoms with van der Waals surface area (Å²) in [4.78, 5) is 25.4. The van der Waals surface area contributed by atoms with Crippen LogP contribution in [0.3, 0.4) is 0 Å². The molecule has 5 rings (SSSR count). The maximum atomic E-state index is 13.4. The molecule has 1 aromatic heterocycles. The van der Waals surface area contributed by atoms with Gasteiger partial charge in [-0.15, -0.1) is 0 Å². The third kappa shape index (κ3) is 7.42. The number of hydrogen-bond donors (Lipinski definition) is 1. The van der Waals surface area contributed by atoms with E-state index >= 15 is 0 Å². The van der Waals surface area contributed by atoms with Crippen LogP contribution in [0.4, 0.5) is 5.82 Å². The van der Waals surface area contributed by atoms with E-state index in [0.29, 0.717) is 60.6 Å². The number of fused-ring (bicyclic) bond motifs is 1. The Bertz CT molecular complexity index is 1560. The maximum Gasteiger partial charge on any atom is 0.243 e. The Morgan fingerprint density at radius 3 is 2.30 bits per heavy atom. The molecule has 43 heavy (non-hydrogen) atoms. The molecule has 1 aliphatic heterocycles. The Balaban J connectivity index is 1.30. The van der Waals surface area contributed by atoms with Crippen LogP contribution < -0.4 is 19.7 Å². The quantitative estimate of drug-likeness (QED) is 0.225. The molecule has 3 aromatic carbocycles. The number of ether oxygens (including phenoxy) is 2. The predicted octanol–water partition coefficient (Wildman–Crippen LogP) is 5.85. The lowest BCUT2D eigenvalue weighted by atomic mass is 9.90. The number of para-hydroxylation sites is 2. The second-order valence-corrected chi connectivity index (χ2v) is 10.8. The van der Waals surface area contributed by atoms with Gasteiger partial charge in [0, 0.05) is 19.6 Å². The fraction of sp³-hybridized carbons (Fsp3) is 0.371. The van der Waals surface area contributed by atoms with Crippen LogP contribution in [0.5, 0.6) is 11.5 Å². The number of benzene rings is 3. The van der Waals surface area contributed by atoms with Crippen molar-refractivity contribution in [3.05, 3.63) is 89.6 Å². The van der Waals surface area contributed by atoms with E-state index in [4.69, 9.17) is 19.4 Å². The topological polar surface area (TPSA) is 100 Å². The van der Waals surface area contributed by atoms with Crippen LogP contribution >= 0.6 is 0 Å². The molecule has 0 spiro atoms. The summed E-state index contributed by atoms with van der Waals surface area (Å²) in [6.07, 6.45) is 3.66. The minimum absolute atomic E-state index is 0.372. The second kappa shape index (κ2) is 14.5. The maximum absolute atomic E-state index is 13.4. The number of piperidine rings is 1. The van der Waals surface area contributed by atoms with Gasteiger partial charge in [-0.05, 0) is 80.8 Å². The number of aromatic nitrogens is 2. The summed E-state index contributed by atoms with van der Waals surface area (Å²) >= 11 is 0. The van der Waals surface area contributed by atoms with E-state index in [1.165, 1.54) is 5.56 Å². The molecule has 0 aliphatic carbocycles. The van der Waals surface area contributed by atoms with E-state index in [1.807, 2.05) is 62.4 Å². The van der Waals surface area contributed by atoms with Crippen molar-refractivity contribution >= 4 is 22.8 Å². The van der Waals surface area contributed by atoms with Crippen LogP contribution in [-0.2, 0) is 17.6 Å². The van der Waals surface area contributed by atoms with E-state index in [0.717, 1.165) is 43.4 Å². The van der Waals surface area contributed by atoms with Crippen molar-refractivity contribution in [1.82, 2.24) is 15.3 Å². The van der Waals surface area contributed by atoms with E-state index in [1.54, 1.807) is 0 Å². The molecule has 1 N–H and O–H groups in total. The molecule has 1 fully saturated rings. The van der Waals surface area contributed by atoms with Crippen LogP contribution in [0.15, 0.2) is 72.8 Å². The number of hydrogen-bond acceptors (Lipinski definition) is 7. The van der Waals surface area contributed by atoms with Crippen molar-refractivity contribution in [2.45, 2.75) is 45.4 Å². The average Bonchev–Trinajstić information content (AvgIpc) is 3.03. The number of anilines is 1. The Labute approximate surface area is 253 Å². The molecule has 1 amide bonds. The van der Waals surface area contributed by atoms with Gasteiger partial charge in [-0.1, -0.05) is 48.5 Å². The molecular formula is C35H39N5O3. The summed E-state index contributed by atoms with van der Waals surface area (Å²) in [5, 5.41) is 13.2.